The third kappa shape index (κ3) is 3.48. The van der Waals surface area contributed by atoms with Gasteiger partial charge in [-0.25, -0.2) is 4.98 Å². The summed E-state index contributed by atoms with van der Waals surface area (Å²) in [6.45, 7) is 1.33. The Morgan fingerprint density at radius 2 is 1.92 bits per heavy atom. The Morgan fingerprint density at radius 3 is 2.62 bits per heavy atom. The van der Waals surface area contributed by atoms with E-state index in [0.29, 0.717) is 45.7 Å². The zero-order valence-corrected chi connectivity index (χ0v) is 15.3. The monoisotopic (exact) mass is 390 g/mol. The first kappa shape index (κ1) is 17.1. The highest BCUT2D eigenvalue weighted by atomic mass is 35.5. The van der Waals surface area contributed by atoms with Crippen LogP contribution in [0, 0.1) is 0 Å². The lowest BCUT2D eigenvalue weighted by atomic mass is 10.0. The van der Waals surface area contributed by atoms with Crippen molar-refractivity contribution in [1.82, 2.24) is 14.9 Å². The molecule has 1 aliphatic heterocycles. The van der Waals surface area contributed by atoms with Crippen LogP contribution in [0.4, 0.5) is 5.82 Å². The highest BCUT2D eigenvalue weighted by molar-refractivity contribution is 6.42. The van der Waals surface area contributed by atoms with E-state index in [1.807, 2.05) is 4.90 Å². The van der Waals surface area contributed by atoms with Crippen LogP contribution in [0.15, 0.2) is 41.1 Å². The van der Waals surface area contributed by atoms with Gasteiger partial charge in [-0.1, -0.05) is 23.2 Å². The zero-order valence-electron chi connectivity index (χ0n) is 13.8. The van der Waals surface area contributed by atoms with E-state index in [1.165, 1.54) is 6.26 Å². The fourth-order valence-corrected chi connectivity index (χ4v) is 3.39. The number of nitrogens with one attached hydrogen (secondary N) is 1. The minimum atomic E-state index is -0.0644. The number of carbonyl (C=O) groups excluding carboxylic acids is 1. The molecule has 0 spiro atoms. The van der Waals surface area contributed by atoms with E-state index in [9.17, 15) is 4.79 Å². The number of fused-ring (bicyclic) bond motifs is 1. The van der Waals surface area contributed by atoms with Crippen molar-refractivity contribution in [2.45, 2.75) is 18.9 Å². The first-order valence-corrected chi connectivity index (χ1v) is 9.07. The van der Waals surface area contributed by atoms with Gasteiger partial charge in [0.05, 0.1) is 33.5 Å². The molecular weight excluding hydrogens is 375 g/mol. The van der Waals surface area contributed by atoms with E-state index in [2.05, 4.69) is 15.3 Å². The molecule has 0 saturated carbocycles. The molecule has 3 aromatic rings. The molecule has 4 rings (SSSR count). The molecule has 1 fully saturated rings. The molecule has 1 saturated heterocycles. The number of hydrogen-bond donors (Lipinski definition) is 1. The summed E-state index contributed by atoms with van der Waals surface area (Å²) in [5.74, 6) is 1.00. The molecule has 1 aromatic carbocycles. The highest BCUT2D eigenvalue weighted by Crippen LogP contribution is 2.27. The van der Waals surface area contributed by atoms with Crippen molar-refractivity contribution < 1.29 is 9.21 Å². The van der Waals surface area contributed by atoms with Crippen molar-refractivity contribution >= 4 is 46.0 Å². The van der Waals surface area contributed by atoms with Gasteiger partial charge in [0, 0.05) is 19.1 Å². The van der Waals surface area contributed by atoms with Crippen LogP contribution in [0.1, 0.15) is 23.4 Å². The van der Waals surface area contributed by atoms with Gasteiger partial charge in [0.15, 0.2) is 5.76 Å². The molecule has 2 aromatic heterocycles. The molecule has 0 atom stereocenters. The van der Waals surface area contributed by atoms with Gasteiger partial charge in [0.25, 0.3) is 5.91 Å². The first-order valence-electron chi connectivity index (χ1n) is 8.31. The van der Waals surface area contributed by atoms with Gasteiger partial charge in [-0.2, -0.15) is 0 Å². The number of benzene rings is 1. The summed E-state index contributed by atoms with van der Waals surface area (Å²) in [5, 5.41) is 4.31. The average molecular weight is 391 g/mol. The fourth-order valence-electron chi connectivity index (χ4n) is 3.07. The average Bonchev–Trinajstić information content (AvgIpc) is 3.18. The van der Waals surface area contributed by atoms with E-state index < -0.39 is 0 Å². The number of likely N-dealkylation sites (tertiary alicyclic amines) is 1. The molecule has 1 amide bonds. The number of furan rings is 1. The Bertz CT molecular complexity index is 938. The second-order valence-electron chi connectivity index (χ2n) is 6.20. The number of piperidine rings is 1. The second kappa shape index (κ2) is 7.13. The van der Waals surface area contributed by atoms with E-state index in [4.69, 9.17) is 27.6 Å². The van der Waals surface area contributed by atoms with Gasteiger partial charge in [-0.15, -0.1) is 0 Å². The lowest BCUT2D eigenvalue weighted by Gasteiger charge is -2.32. The summed E-state index contributed by atoms with van der Waals surface area (Å²) in [7, 11) is 0. The van der Waals surface area contributed by atoms with E-state index in [1.54, 1.807) is 30.5 Å². The lowest BCUT2D eigenvalue weighted by molar-refractivity contribution is 0.0686. The van der Waals surface area contributed by atoms with E-state index >= 15 is 0 Å². The van der Waals surface area contributed by atoms with Crippen LogP contribution in [0.5, 0.6) is 0 Å². The van der Waals surface area contributed by atoms with Crippen LogP contribution in [-0.4, -0.2) is 39.9 Å². The third-order valence-electron chi connectivity index (χ3n) is 4.45. The van der Waals surface area contributed by atoms with Crippen molar-refractivity contribution in [2.75, 3.05) is 18.4 Å². The van der Waals surface area contributed by atoms with E-state index in [0.717, 1.165) is 12.8 Å². The smallest absolute Gasteiger partial charge is 0.289 e. The quantitative estimate of drug-likeness (QED) is 0.723. The van der Waals surface area contributed by atoms with Crippen molar-refractivity contribution in [2.24, 2.45) is 0 Å². The molecule has 1 aliphatic rings. The number of carbonyl (C=O) groups is 1. The molecule has 1 N–H and O–H groups in total. The Balaban J connectivity index is 1.40. The molecule has 0 unspecified atom stereocenters. The molecule has 26 heavy (non-hydrogen) atoms. The van der Waals surface area contributed by atoms with Crippen LogP contribution in [0.2, 0.25) is 10.0 Å². The van der Waals surface area contributed by atoms with Crippen molar-refractivity contribution in [3.63, 3.8) is 0 Å². The number of hydrogen-bond acceptors (Lipinski definition) is 5. The first-order chi connectivity index (χ1) is 12.6. The number of nitrogens with zero attached hydrogens (tertiary/aromatic N) is 3. The Morgan fingerprint density at radius 1 is 1.19 bits per heavy atom. The minimum absolute atomic E-state index is 0.0644. The maximum absolute atomic E-state index is 12.3. The molecule has 0 aliphatic carbocycles. The van der Waals surface area contributed by atoms with Crippen LogP contribution >= 0.6 is 23.2 Å². The van der Waals surface area contributed by atoms with Crippen LogP contribution in [-0.2, 0) is 0 Å². The summed E-state index contributed by atoms with van der Waals surface area (Å²) >= 11 is 12.1. The highest BCUT2D eigenvalue weighted by Gasteiger charge is 2.25. The van der Waals surface area contributed by atoms with Gasteiger partial charge in [-0.3, -0.25) is 9.78 Å². The van der Waals surface area contributed by atoms with Crippen LogP contribution < -0.4 is 5.32 Å². The molecular formula is C18H16Cl2N4O2. The summed E-state index contributed by atoms with van der Waals surface area (Å²) in [4.78, 5) is 23.0. The van der Waals surface area contributed by atoms with Crippen molar-refractivity contribution in [3.8, 4) is 0 Å². The molecule has 0 bridgehead atoms. The second-order valence-corrected chi connectivity index (χ2v) is 7.01. The summed E-state index contributed by atoms with van der Waals surface area (Å²) in [6.07, 6.45) is 4.85. The zero-order chi connectivity index (χ0) is 18.1. The number of rotatable bonds is 3. The van der Waals surface area contributed by atoms with Gasteiger partial charge >= 0.3 is 0 Å². The summed E-state index contributed by atoms with van der Waals surface area (Å²) < 4.78 is 5.18. The fraction of sp³-hybridized carbons (Fsp3) is 0.278. The van der Waals surface area contributed by atoms with Gasteiger partial charge in [-0.05, 0) is 37.1 Å². The van der Waals surface area contributed by atoms with Gasteiger partial charge < -0.3 is 14.6 Å². The Hall–Kier alpha value is -2.31. The van der Waals surface area contributed by atoms with E-state index in [-0.39, 0.29) is 11.9 Å². The maximum atomic E-state index is 12.3. The number of amides is 1. The molecule has 0 radical (unpaired) electrons. The predicted octanol–water partition coefficient (Wildman–Crippen LogP) is 4.25. The summed E-state index contributed by atoms with van der Waals surface area (Å²) in [5.41, 5.74) is 1.39. The minimum Gasteiger partial charge on any atom is -0.459 e. The van der Waals surface area contributed by atoms with Crippen LogP contribution in [0.3, 0.4) is 0 Å². The summed E-state index contributed by atoms with van der Waals surface area (Å²) in [6, 6.07) is 7.05. The van der Waals surface area contributed by atoms with Crippen molar-refractivity contribution in [1.29, 1.82) is 0 Å². The topological polar surface area (TPSA) is 71.3 Å². The largest absolute Gasteiger partial charge is 0.459 e. The molecule has 134 valence electrons. The number of halogens is 2. The lowest BCUT2D eigenvalue weighted by Crippen LogP contribution is -2.42. The third-order valence-corrected chi connectivity index (χ3v) is 5.17. The Kier molecular flexibility index (Phi) is 4.70. The number of anilines is 1. The van der Waals surface area contributed by atoms with Crippen molar-refractivity contribution in [3.05, 3.63) is 52.5 Å². The normalized spacial score (nSPS) is 15.4. The van der Waals surface area contributed by atoms with Gasteiger partial charge in [0.1, 0.15) is 5.82 Å². The molecule has 6 nitrogen and oxygen atoms in total. The molecule has 3 heterocycles. The SMILES string of the molecule is O=C(c1ccco1)N1CCC(Nc2cnc3cc(Cl)c(Cl)cc3n2)CC1. The maximum Gasteiger partial charge on any atom is 0.289 e. The van der Waals surface area contributed by atoms with Gasteiger partial charge in [0.2, 0.25) is 0 Å². The standard InChI is InChI=1S/C18H16Cl2N4O2/c19-12-8-14-15(9-13(12)20)23-17(10-21-14)22-11-3-5-24(6-4-11)18(25)16-2-1-7-26-16/h1-2,7-11H,3-6H2,(H,22,23). The predicted molar refractivity (Wildman–Crippen MR) is 101 cm³/mol. The number of aromatic nitrogens is 2. The van der Waals surface area contributed by atoms with Crippen LogP contribution in [0.25, 0.3) is 11.0 Å². The Labute approximate surface area is 160 Å². The molecule has 8 heteroatoms.